The van der Waals surface area contributed by atoms with E-state index in [1.165, 1.54) is 88.5 Å². The Hall–Kier alpha value is -2.70. The lowest BCUT2D eigenvalue weighted by Gasteiger charge is -2.61. The summed E-state index contributed by atoms with van der Waals surface area (Å²) in [5, 5.41) is 39.8. The van der Waals surface area contributed by atoms with Gasteiger partial charge in [0.2, 0.25) is 0 Å². The SMILES string of the molecule is CC(CCC=C(c1cc(Cl)c(O)c(C(=O)O)c1)c1cc(Cl)c(O)c(C(=O)O)c1)[C@H]1CC[C@H]2[C@@H]3CC[C@@H]4CCCC[C@]4(C)[C@H]3CC[C@]12C. The Kier molecular flexibility index (Phi) is 9.43. The predicted molar refractivity (Wildman–Crippen MR) is 185 cm³/mol. The summed E-state index contributed by atoms with van der Waals surface area (Å²) in [5.41, 5.74) is 1.52. The minimum absolute atomic E-state index is 0.126. The van der Waals surface area contributed by atoms with E-state index in [-0.39, 0.29) is 21.2 Å². The van der Waals surface area contributed by atoms with Crippen molar-refractivity contribution in [2.45, 2.75) is 97.8 Å². The van der Waals surface area contributed by atoms with Gasteiger partial charge in [-0.2, -0.15) is 0 Å². The number of allylic oxidation sites excluding steroid dienone is 1. The normalized spacial score (nSPS) is 32.1. The summed E-state index contributed by atoms with van der Waals surface area (Å²) >= 11 is 12.6. The van der Waals surface area contributed by atoms with Gasteiger partial charge >= 0.3 is 11.9 Å². The van der Waals surface area contributed by atoms with E-state index in [4.69, 9.17) is 23.2 Å². The molecule has 0 heterocycles. The van der Waals surface area contributed by atoms with Crippen LogP contribution in [-0.2, 0) is 0 Å². The van der Waals surface area contributed by atoms with Crippen molar-refractivity contribution in [1.82, 2.24) is 0 Å². The molecule has 0 bridgehead atoms. The molecule has 4 aliphatic carbocycles. The molecule has 0 radical (unpaired) electrons. The summed E-state index contributed by atoms with van der Waals surface area (Å²) in [6.07, 6.45) is 17.3. The van der Waals surface area contributed by atoms with Gasteiger partial charge in [-0.1, -0.05) is 62.9 Å². The van der Waals surface area contributed by atoms with Gasteiger partial charge in [-0.3, -0.25) is 0 Å². The van der Waals surface area contributed by atoms with Gasteiger partial charge in [0.15, 0.2) is 0 Å². The van der Waals surface area contributed by atoms with Gasteiger partial charge < -0.3 is 20.4 Å². The maximum Gasteiger partial charge on any atom is 0.339 e. The van der Waals surface area contributed by atoms with Crippen LogP contribution in [0.4, 0.5) is 0 Å². The predicted octanol–water partition coefficient (Wildman–Crippen LogP) is 10.7. The van der Waals surface area contributed by atoms with Crippen molar-refractivity contribution in [2.24, 2.45) is 46.3 Å². The van der Waals surface area contributed by atoms with Gasteiger partial charge in [0.25, 0.3) is 0 Å². The minimum Gasteiger partial charge on any atom is -0.505 e. The molecule has 4 fully saturated rings. The van der Waals surface area contributed by atoms with E-state index >= 15 is 0 Å². The third kappa shape index (κ3) is 5.96. The maximum absolute atomic E-state index is 11.9. The zero-order chi connectivity index (χ0) is 33.8. The molecule has 0 aliphatic heterocycles. The number of phenols is 2. The van der Waals surface area contributed by atoms with Gasteiger partial charge in [-0.25, -0.2) is 9.59 Å². The Morgan fingerprint density at radius 1 is 0.809 bits per heavy atom. The molecule has 4 aliphatic rings. The van der Waals surface area contributed by atoms with Crippen LogP contribution in [0.5, 0.6) is 11.5 Å². The minimum atomic E-state index is -1.33. The Morgan fingerprint density at radius 2 is 1.40 bits per heavy atom. The number of fused-ring (bicyclic) bond motifs is 5. The quantitative estimate of drug-likeness (QED) is 0.220. The highest BCUT2D eigenvalue weighted by molar-refractivity contribution is 6.33. The molecule has 0 aromatic heterocycles. The number of carboxylic acids is 2. The highest BCUT2D eigenvalue weighted by Gasteiger charge is 2.60. The first-order chi connectivity index (χ1) is 22.3. The van der Waals surface area contributed by atoms with Crippen LogP contribution in [0.3, 0.4) is 0 Å². The summed E-state index contributed by atoms with van der Waals surface area (Å²) < 4.78 is 0. The van der Waals surface area contributed by atoms with Crippen LogP contribution in [-0.4, -0.2) is 32.4 Å². The van der Waals surface area contributed by atoms with Crippen LogP contribution in [0.25, 0.3) is 5.57 Å². The first-order valence-corrected chi connectivity index (χ1v) is 18.2. The molecule has 0 amide bonds. The molecule has 2 aromatic carbocycles. The van der Waals surface area contributed by atoms with Gasteiger partial charge in [0.05, 0.1) is 10.0 Å². The standard InChI is InChI=1S/C39H48Cl2O6/c1-21(29-12-13-30-26-11-10-24-8-4-5-15-38(24,2)31(26)14-16-39(29,30)3)7-6-9-25(22-17-27(36(44)45)34(42)32(40)19-22)23-18-28(37(46)47)35(43)33(41)20-23/h9,17-21,24,26,29-31,42-43H,4-8,10-16H2,1-3H3,(H,44,45)(H,46,47)/t21?,24-,26-,29+,30-,31-,38-,39+/m0/s1. The smallest absolute Gasteiger partial charge is 0.339 e. The van der Waals surface area contributed by atoms with Crippen molar-refractivity contribution in [1.29, 1.82) is 0 Å². The lowest BCUT2D eigenvalue weighted by atomic mass is 9.44. The van der Waals surface area contributed by atoms with Gasteiger partial charge in [-0.15, -0.1) is 0 Å². The summed E-state index contributed by atoms with van der Waals surface area (Å²) in [4.78, 5) is 23.9. The van der Waals surface area contributed by atoms with Crippen molar-refractivity contribution < 1.29 is 30.0 Å². The number of rotatable bonds is 8. The number of aromatic carboxylic acids is 2. The molecule has 0 spiro atoms. The van der Waals surface area contributed by atoms with Crippen LogP contribution in [0.2, 0.25) is 10.0 Å². The zero-order valence-electron chi connectivity index (χ0n) is 27.7. The van der Waals surface area contributed by atoms with Crippen LogP contribution in [0, 0.1) is 46.3 Å². The Labute approximate surface area is 288 Å². The van der Waals surface area contributed by atoms with Gasteiger partial charge in [0, 0.05) is 0 Å². The van der Waals surface area contributed by atoms with Gasteiger partial charge in [0.1, 0.15) is 22.6 Å². The molecule has 6 rings (SSSR count). The van der Waals surface area contributed by atoms with E-state index in [0.717, 1.165) is 30.1 Å². The van der Waals surface area contributed by atoms with Crippen LogP contribution in [0.1, 0.15) is 130 Å². The number of hydrogen-bond acceptors (Lipinski definition) is 4. The lowest BCUT2D eigenvalue weighted by Crippen LogP contribution is -2.53. The number of halogens is 2. The second-order valence-electron chi connectivity index (χ2n) is 15.6. The molecular weight excluding hydrogens is 635 g/mol. The highest BCUT2D eigenvalue weighted by Crippen LogP contribution is 2.68. The number of carbonyl (C=O) groups is 2. The first kappa shape index (κ1) is 34.2. The Morgan fingerprint density at radius 3 is 2.00 bits per heavy atom. The van der Waals surface area contributed by atoms with E-state index in [1.807, 2.05) is 6.08 Å². The summed E-state index contributed by atoms with van der Waals surface area (Å²) in [6.45, 7) is 7.59. The van der Waals surface area contributed by atoms with E-state index in [0.29, 0.717) is 45.8 Å². The Balaban J connectivity index is 1.26. The third-order valence-electron chi connectivity index (χ3n) is 13.5. The monoisotopic (exact) mass is 682 g/mol. The molecule has 4 N–H and O–H groups in total. The maximum atomic E-state index is 11.9. The van der Waals surface area contributed by atoms with E-state index in [9.17, 15) is 30.0 Å². The molecule has 4 saturated carbocycles. The molecular formula is C39H48Cl2O6. The number of benzene rings is 2. The average molecular weight is 684 g/mol. The molecule has 6 nitrogen and oxygen atoms in total. The molecule has 2 aromatic rings. The fourth-order valence-corrected chi connectivity index (χ4v) is 11.6. The second kappa shape index (κ2) is 13.0. The summed E-state index contributed by atoms with van der Waals surface area (Å²) in [6, 6.07) is 5.62. The van der Waals surface area contributed by atoms with Crippen LogP contribution >= 0.6 is 23.2 Å². The van der Waals surface area contributed by atoms with Crippen molar-refractivity contribution in [2.75, 3.05) is 0 Å². The summed E-state index contributed by atoms with van der Waals surface area (Å²) in [7, 11) is 0. The van der Waals surface area contributed by atoms with Gasteiger partial charge in [-0.05, 0) is 152 Å². The lowest BCUT2D eigenvalue weighted by molar-refractivity contribution is -0.114. The molecule has 8 heteroatoms. The molecule has 47 heavy (non-hydrogen) atoms. The molecule has 0 saturated heterocycles. The molecule has 1 unspecified atom stereocenters. The fraction of sp³-hybridized carbons (Fsp3) is 0.590. The number of carboxylic acid groups (broad SMARTS) is 2. The Bertz CT molecular complexity index is 1530. The van der Waals surface area contributed by atoms with Crippen molar-refractivity contribution in [3.63, 3.8) is 0 Å². The number of aromatic hydroxyl groups is 2. The van der Waals surface area contributed by atoms with E-state index in [1.54, 1.807) is 0 Å². The number of hydrogen-bond donors (Lipinski definition) is 4. The highest BCUT2D eigenvalue weighted by atomic mass is 35.5. The van der Waals surface area contributed by atoms with Crippen LogP contribution < -0.4 is 0 Å². The van der Waals surface area contributed by atoms with Crippen molar-refractivity contribution in [3.05, 3.63) is 62.6 Å². The first-order valence-electron chi connectivity index (χ1n) is 17.5. The zero-order valence-corrected chi connectivity index (χ0v) is 29.2. The molecule has 8 atom stereocenters. The summed E-state index contributed by atoms with van der Waals surface area (Å²) in [5.74, 6) is 0.805. The fourth-order valence-electron chi connectivity index (χ4n) is 11.2. The van der Waals surface area contributed by atoms with Crippen molar-refractivity contribution in [3.8, 4) is 11.5 Å². The average Bonchev–Trinajstić information content (AvgIpc) is 3.38. The second-order valence-corrected chi connectivity index (χ2v) is 16.4. The van der Waals surface area contributed by atoms with E-state index < -0.39 is 23.4 Å². The van der Waals surface area contributed by atoms with Crippen LogP contribution in [0.15, 0.2) is 30.3 Å². The molecule has 254 valence electrons. The largest absolute Gasteiger partial charge is 0.505 e. The van der Waals surface area contributed by atoms with Crippen molar-refractivity contribution >= 4 is 40.7 Å². The topological polar surface area (TPSA) is 115 Å². The third-order valence-corrected chi connectivity index (χ3v) is 14.1. The van der Waals surface area contributed by atoms with E-state index in [2.05, 4.69) is 20.8 Å².